The second-order valence-electron chi connectivity index (χ2n) is 7.84. The smallest absolute Gasteiger partial charge is 0.166 e. The summed E-state index contributed by atoms with van der Waals surface area (Å²) in [4.78, 5) is 5.39. The van der Waals surface area contributed by atoms with Crippen molar-refractivity contribution in [1.82, 2.24) is 20.4 Å². The quantitative estimate of drug-likeness (QED) is 0.755. The van der Waals surface area contributed by atoms with Gasteiger partial charge in [-0.2, -0.15) is 0 Å². The van der Waals surface area contributed by atoms with Crippen LogP contribution in [0.1, 0.15) is 31.4 Å². The van der Waals surface area contributed by atoms with Crippen LogP contribution in [0.15, 0.2) is 22.8 Å². The fraction of sp³-hybridized carbons (Fsp3) is 0.737. The lowest BCUT2D eigenvalue weighted by Gasteiger charge is -2.50. The number of nitrogens with zero attached hydrogens (tertiary/aromatic N) is 2. The van der Waals surface area contributed by atoms with Crippen molar-refractivity contribution in [2.24, 2.45) is 11.8 Å². The van der Waals surface area contributed by atoms with Crippen molar-refractivity contribution in [1.29, 1.82) is 0 Å². The summed E-state index contributed by atoms with van der Waals surface area (Å²) >= 11 is 5.41. The molecular weight excluding hydrogens is 332 g/mol. The largest absolute Gasteiger partial charge is 0.467 e. The molecule has 0 spiro atoms. The van der Waals surface area contributed by atoms with Crippen molar-refractivity contribution in [3.05, 3.63) is 24.2 Å². The Bertz CT molecular complexity index is 558. The Morgan fingerprint density at radius 2 is 2.12 bits per heavy atom. The van der Waals surface area contributed by atoms with E-state index in [4.69, 9.17) is 16.6 Å². The molecule has 25 heavy (non-hydrogen) atoms. The van der Waals surface area contributed by atoms with Crippen LogP contribution in [0.5, 0.6) is 0 Å². The molecule has 5 rings (SSSR count). The van der Waals surface area contributed by atoms with E-state index < -0.39 is 0 Å². The number of hydrogen-bond donors (Lipinski definition) is 2. The first-order chi connectivity index (χ1) is 12.3. The third-order valence-corrected chi connectivity index (χ3v) is 6.50. The Balaban J connectivity index is 1.20. The molecule has 6 heteroatoms. The van der Waals surface area contributed by atoms with E-state index >= 15 is 0 Å². The van der Waals surface area contributed by atoms with Crippen molar-refractivity contribution in [2.75, 3.05) is 39.3 Å². The van der Waals surface area contributed by atoms with Crippen LogP contribution in [0, 0.1) is 11.8 Å². The number of hydrogen-bond acceptors (Lipinski definition) is 4. The fourth-order valence-electron chi connectivity index (χ4n) is 4.82. The molecule has 0 aliphatic carbocycles. The molecular formula is C19H30N4OS. The van der Waals surface area contributed by atoms with Gasteiger partial charge in [0.05, 0.1) is 12.8 Å². The van der Waals surface area contributed by atoms with Crippen LogP contribution in [0.3, 0.4) is 0 Å². The van der Waals surface area contributed by atoms with Crippen LogP contribution in [-0.4, -0.2) is 60.2 Å². The van der Waals surface area contributed by atoms with E-state index in [-0.39, 0.29) is 0 Å². The molecule has 2 bridgehead atoms. The standard InChI is InChI=1S/C19H30N4OS/c25-19(21-12-18-4-3-9-24-18)20-11-17-10-15-5-8-23(17)14-16(15)13-22-6-1-2-7-22/h3-4,9,15-17H,1-2,5-8,10-14H2,(H2,20,21,25)/t15-,16+,17+/m1/s1. The fourth-order valence-corrected chi connectivity index (χ4v) is 4.97. The Kier molecular flexibility index (Phi) is 5.58. The van der Waals surface area contributed by atoms with Gasteiger partial charge < -0.3 is 20.0 Å². The van der Waals surface area contributed by atoms with Crippen molar-refractivity contribution >= 4 is 17.3 Å². The number of rotatable bonds is 6. The summed E-state index contributed by atoms with van der Waals surface area (Å²) in [6, 6.07) is 4.50. The van der Waals surface area contributed by atoms with Gasteiger partial charge in [0, 0.05) is 25.7 Å². The lowest BCUT2D eigenvalue weighted by atomic mass is 9.75. The minimum absolute atomic E-state index is 0.636. The van der Waals surface area contributed by atoms with Gasteiger partial charge >= 0.3 is 0 Å². The van der Waals surface area contributed by atoms with Crippen LogP contribution in [0.2, 0.25) is 0 Å². The molecule has 5 heterocycles. The van der Waals surface area contributed by atoms with Gasteiger partial charge in [0.25, 0.3) is 0 Å². The highest BCUT2D eigenvalue weighted by Gasteiger charge is 2.40. The first-order valence-corrected chi connectivity index (χ1v) is 10.2. The molecule has 4 atom stereocenters. The predicted molar refractivity (Wildman–Crippen MR) is 103 cm³/mol. The van der Waals surface area contributed by atoms with Gasteiger partial charge in [0.1, 0.15) is 5.76 Å². The molecule has 4 aliphatic heterocycles. The monoisotopic (exact) mass is 362 g/mol. The van der Waals surface area contributed by atoms with E-state index in [1.54, 1.807) is 6.26 Å². The number of furan rings is 1. The number of nitrogens with one attached hydrogen (secondary N) is 2. The van der Waals surface area contributed by atoms with Gasteiger partial charge in [-0.05, 0) is 81.5 Å². The summed E-state index contributed by atoms with van der Waals surface area (Å²) in [5.41, 5.74) is 0. The maximum absolute atomic E-state index is 5.41. The number of piperidine rings is 3. The molecule has 5 nitrogen and oxygen atoms in total. The summed E-state index contributed by atoms with van der Waals surface area (Å²) in [6.07, 6.45) is 7.20. The van der Waals surface area contributed by atoms with Crippen molar-refractivity contribution in [3.8, 4) is 0 Å². The highest BCUT2D eigenvalue weighted by atomic mass is 32.1. The predicted octanol–water partition coefficient (Wildman–Crippen LogP) is 2.05. The van der Waals surface area contributed by atoms with Gasteiger partial charge in [-0.3, -0.25) is 4.90 Å². The van der Waals surface area contributed by atoms with Crippen LogP contribution in [-0.2, 0) is 6.54 Å². The second kappa shape index (κ2) is 8.06. The van der Waals surface area contributed by atoms with Gasteiger partial charge in [0.15, 0.2) is 5.11 Å². The maximum atomic E-state index is 5.41. The average Bonchev–Trinajstić information content (AvgIpc) is 3.33. The zero-order valence-electron chi connectivity index (χ0n) is 15.0. The number of fused-ring (bicyclic) bond motifs is 3. The Hall–Kier alpha value is -1.11. The second-order valence-corrected chi connectivity index (χ2v) is 8.25. The van der Waals surface area contributed by atoms with E-state index in [2.05, 4.69) is 20.4 Å². The van der Waals surface area contributed by atoms with Crippen LogP contribution >= 0.6 is 12.2 Å². The van der Waals surface area contributed by atoms with Crippen molar-refractivity contribution < 1.29 is 4.42 Å². The average molecular weight is 363 g/mol. The Morgan fingerprint density at radius 3 is 2.84 bits per heavy atom. The van der Waals surface area contributed by atoms with Crippen molar-refractivity contribution in [2.45, 2.75) is 38.3 Å². The molecule has 4 fully saturated rings. The minimum atomic E-state index is 0.636. The molecule has 1 aromatic heterocycles. The normalized spacial score (nSPS) is 32.0. The van der Waals surface area contributed by atoms with E-state index in [9.17, 15) is 0 Å². The molecule has 0 saturated carbocycles. The van der Waals surface area contributed by atoms with E-state index in [0.29, 0.717) is 12.6 Å². The SMILES string of the molecule is S=C(NCc1ccco1)NC[C@@H]1C[C@H]2CCN1C[C@@H]2CN1CCCC1. The topological polar surface area (TPSA) is 43.7 Å². The third-order valence-electron chi connectivity index (χ3n) is 6.21. The van der Waals surface area contributed by atoms with E-state index in [1.165, 1.54) is 58.4 Å². The molecule has 4 aliphatic rings. The molecule has 0 radical (unpaired) electrons. The summed E-state index contributed by atoms with van der Waals surface area (Å²) in [5, 5.41) is 7.37. The Morgan fingerprint density at radius 1 is 1.24 bits per heavy atom. The van der Waals surface area contributed by atoms with Gasteiger partial charge in [-0.1, -0.05) is 0 Å². The van der Waals surface area contributed by atoms with Crippen LogP contribution in [0.4, 0.5) is 0 Å². The molecule has 4 saturated heterocycles. The summed E-state index contributed by atoms with van der Waals surface area (Å²) < 4.78 is 5.32. The minimum Gasteiger partial charge on any atom is -0.467 e. The van der Waals surface area contributed by atoms with Crippen LogP contribution < -0.4 is 10.6 Å². The van der Waals surface area contributed by atoms with Gasteiger partial charge in [0.2, 0.25) is 0 Å². The lowest BCUT2D eigenvalue weighted by molar-refractivity contribution is -0.00798. The molecule has 2 N–H and O–H groups in total. The number of likely N-dealkylation sites (tertiary alicyclic amines) is 1. The highest BCUT2D eigenvalue weighted by molar-refractivity contribution is 7.80. The van der Waals surface area contributed by atoms with Crippen LogP contribution in [0.25, 0.3) is 0 Å². The van der Waals surface area contributed by atoms with Crippen molar-refractivity contribution in [3.63, 3.8) is 0 Å². The lowest BCUT2D eigenvalue weighted by Crippen LogP contribution is -2.58. The number of thiocarbonyl (C=S) groups is 1. The van der Waals surface area contributed by atoms with E-state index in [1.807, 2.05) is 12.1 Å². The summed E-state index contributed by atoms with van der Waals surface area (Å²) in [6.45, 7) is 8.11. The Labute approximate surface area is 156 Å². The highest BCUT2D eigenvalue weighted by Crippen LogP contribution is 2.36. The third kappa shape index (κ3) is 4.36. The molecule has 1 unspecified atom stereocenters. The zero-order valence-corrected chi connectivity index (χ0v) is 15.8. The zero-order chi connectivity index (χ0) is 17.1. The summed E-state index contributed by atoms with van der Waals surface area (Å²) in [5.74, 6) is 2.70. The van der Waals surface area contributed by atoms with Gasteiger partial charge in [-0.25, -0.2) is 0 Å². The van der Waals surface area contributed by atoms with Gasteiger partial charge in [-0.15, -0.1) is 0 Å². The maximum Gasteiger partial charge on any atom is 0.166 e. The first kappa shape index (κ1) is 17.3. The molecule has 1 aromatic rings. The summed E-state index contributed by atoms with van der Waals surface area (Å²) in [7, 11) is 0. The van der Waals surface area contributed by atoms with E-state index in [0.717, 1.165) is 29.3 Å². The molecule has 0 aromatic carbocycles. The molecule has 138 valence electrons. The first-order valence-electron chi connectivity index (χ1n) is 9.78. The molecule has 0 amide bonds.